The topological polar surface area (TPSA) is 49.4 Å². The number of nitrogens with one attached hydrogen (secondary N) is 1. The molecular formula is C8H16N2O2. The molecule has 1 fully saturated rings. The molecule has 1 aliphatic heterocycles. The summed E-state index contributed by atoms with van der Waals surface area (Å²) in [5.41, 5.74) is 0. The summed E-state index contributed by atoms with van der Waals surface area (Å²) in [6.45, 7) is 6.91. The maximum atomic E-state index is 10.7. The molecule has 1 saturated heterocycles. The van der Waals surface area contributed by atoms with Gasteiger partial charge in [-0.3, -0.25) is 9.59 Å². The van der Waals surface area contributed by atoms with Crippen LogP contribution in [-0.4, -0.2) is 36.3 Å². The molecule has 1 heterocycles. The lowest BCUT2D eigenvalue weighted by Gasteiger charge is -2.25. The van der Waals surface area contributed by atoms with E-state index in [2.05, 4.69) is 5.32 Å². The molecule has 0 saturated carbocycles. The molecular weight excluding hydrogens is 156 g/mol. The first kappa shape index (κ1) is 10.9. The van der Waals surface area contributed by atoms with E-state index in [4.69, 9.17) is 0 Å². The van der Waals surface area contributed by atoms with Crippen molar-refractivity contribution in [2.24, 2.45) is 0 Å². The van der Waals surface area contributed by atoms with E-state index in [-0.39, 0.29) is 18.4 Å². The molecule has 0 spiro atoms. The van der Waals surface area contributed by atoms with Crippen molar-refractivity contribution in [3.63, 3.8) is 0 Å². The van der Waals surface area contributed by atoms with Gasteiger partial charge in [-0.05, 0) is 0 Å². The van der Waals surface area contributed by atoms with Crippen LogP contribution in [0.1, 0.15) is 20.8 Å². The minimum atomic E-state index is -0.0681. The average Bonchev–Trinajstić information content (AvgIpc) is 2.08. The molecule has 0 aromatic rings. The van der Waals surface area contributed by atoms with E-state index in [9.17, 15) is 9.59 Å². The molecule has 0 radical (unpaired) electrons. The monoisotopic (exact) mass is 172 g/mol. The molecule has 4 heteroatoms. The van der Waals surface area contributed by atoms with E-state index < -0.39 is 0 Å². The summed E-state index contributed by atoms with van der Waals surface area (Å²) in [6, 6.07) is 0. The highest BCUT2D eigenvalue weighted by Crippen LogP contribution is 1.92. The zero-order valence-electron chi connectivity index (χ0n) is 7.89. The molecule has 0 bridgehead atoms. The number of piperazine rings is 1. The third-order valence-electron chi connectivity index (χ3n) is 1.48. The molecule has 0 unspecified atom stereocenters. The summed E-state index contributed by atoms with van der Waals surface area (Å²) in [7, 11) is 0. The smallest absolute Gasteiger partial charge is 0.239 e. The highest BCUT2D eigenvalue weighted by Gasteiger charge is 2.17. The van der Waals surface area contributed by atoms with Crippen LogP contribution in [0.3, 0.4) is 0 Å². The molecule has 2 amide bonds. The molecule has 1 rings (SSSR count). The van der Waals surface area contributed by atoms with Crippen LogP contribution in [0, 0.1) is 0 Å². The summed E-state index contributed by atoms with van der Waals surface area (Å²) < 4.78 is 0. The Morgan fingerprint density at radius 3 is 2.42 bits per heavy atom. The summed E-state index contributed by atoms with van der Waals surface area (Å²) in [6.07, 6.45) is 0. The Morgan fingerprint density at radius 2 is 2.08 bits per heavy atom. The number of nitrogens with zero attached hydrogens (tertiary/aromatic N) is 1. The number of hydrogen-bond acceptors (Lipinski definition) is 2. The lowest BCUT2D eigenvalue weighted by atomic mass is 10.3. The van der Waals surface area contributed by atoms with Crippen LogP contribution in [0.15, 0.2) is 0 Å². The second kappa shape index (κ2) is 5.57. The Hall–Kier alpha value is -1.06. The second-order valence-corrected chi connectivity index (χ2v) is 2.29. The fourth-order valence-corrected chi connectivity index (χ4v) is 0.907. The lowest BCUT2D eigenvalue weighted by Crippen LogP contribution is -2.49. The number of rotatable bonds is 0. The maximum absolute atomic E-state index is 10.7. The number of carbonyl (C=O) groups excluding carboxylic acids is 2. The predicted octanol–water partition coefficient (Wildman–Crippen LogP) is -0.00910. The summed E-state index contributed by atoms with van der Waals surface area (Å²) in [4.78, 5) is 22.9. The van der Waals surface area contributed by atoms with Crippen LogP contribution in [0.5, 0.6) is 0 Å². The summed E-state index contributed by atoms with van der Waals surface area (Å²) in [5.74, 6) is -0.101. The third kappa shape index (κ3) is 3.37. The van der Waals surface area contributed by atoms with Gasteiger partial charge < -0.3 is 10.2 Å². The van der Waals surface area contributed by atoms with Crippen LogP contribution in [0.25, 0.3) is 0 Å². The zero-order valence-corrected chi connectivity index (χ0v) is 7.89. The van der Waals surface area contributed by atoms with Crippen molar-refractivity contribution in [2.45, 2.75) is 20.8 Å². The van der Waals surface area contributed by atoms with Crippen LogP contribution in [0.4, 0.5) is 0 Å². The molecule has 1 aliphatic rings. The van der Waals surface area contributed by atoms with Gasteiger partial charge in [-0.1, -0.05) is 13.8 Å². The predicted molar refractivity (Wildman–Crippen MR) is 46.6 cm³/mol. The van der Waals surface area contributed by atoms with Crippen molar-refractivity contribution in [2.75, 3.05) is 19.6 Å². The molecule has 0 aromatic carbocycles. The summed E-state index contributed by atoms with van der Waals surface area (Å²) in [5, 5.41) is 2.63. The molecule has 70 valence electrons. The van der Waals surface area contributed by atoms with Gasteiger partial charge in [0.1, 0.15) is 0 Å². The van der Waals surface area contributed by atoms with Gasteiger partial charge in [0, 0.05) is 20.0 Å². The van der Waals surface area contributed by atoms with Gasteiger partial charge in [0.25, 0.3) is 0 Å². The highest BCUT2D eigenvalue weighted by molar-refractivity contribution is 5.84. The zero-order chi connectivity index (χ0) is 9.56. The van der Waals surface area contributed by atoms with E-state index in [0.29, 0.717) is 13.1 Å². The minimum absolute atomic E-state index is 0.0325. The van der Waals surface area contributed by atoms with E-state index in [1.807, 2.05) is 13.8 Å². The van der Waals surface area contributed by atoms with Crippen LogP contribution < -0.4 is 5.32 Å². The van der Waals surface area contributed by atoms with E-state index >= 15 is 0 Å². The minimum Gasteiger partial charge on any atom is -0.353 e. The SMILES string of the molecule is CC.CC(=O)N1CCNC(=O)C1. The maximum Gasteiger partial charge on any atom is 0.239 e. The van der Waals surface area contributed by atoms with Crippen molar-refractivity contribution in [3.05, 3.63) is 0 Å². The Labute approximate surface area is 72.9 Å². The van der Waals surface area contributed by atoms with Gasteiger partial charge >= 0.3 is 0 Å². The van der Waals surface area contributed by atoms with Gasteiger partial charge in [-0.15, -0.1) is 0 Å². The van der Waals surface area contributed by atoms with Gasteiger partial charge in [-0.25, -0.2) is 0 Å². The Kier molecular flexibility index (Phi) is 5.08. The van der Waals surface area contributed by atoms with Gasteiger partial charge in [-0.2, -0.15) is 0 Å². The van der Waals surface area contributed by atoms with Crippen LogP contribution in [0.2, 0.25) is 0 Å². The first-order valence-electron chi connectivity index (χ1n) is 4.22. The molecule has 0 aliphatic carbocycles. The van der Waals surface area contributed by atoms with Crippen molar-refractivity contribution in [3.8, 4) is 0 Å². The van der Waals surface area contributed by atoms with Crippen LogP contribution >= 0.6 is 0 Å². The third-order valence-corrected chi connectivity index (χ3v) is 1.48. The average molecular weight is 172 g/mol. The Bertz CT molecular complexity index is 166. The first-order chi connectivity index (χ1) is 5.70. The fraction of sp³-hybridized carbons (Fsp3) is 0.750. The standard InChI is InChI=1S/C6H10N2O2.C2H6/c1-5(9)8-3-2-7-6(10)4-8;1-2/h2-4H2,1H3,(H,7,10);1-2H3. The highest BCUT2D eigenvalue weighted by atomic mass is 16.2. The quantitative estimate of drug-likeness (QED) is 0.558. The fourth-order valence-electron chi connectivity index (χ4n) is 0.907. The van der Waals surface area contributed by atoms with Crippen LogP contribution in [-0.2, 0) is 9.59 Å². The summed E-state index contributed by atoms with van der Waals surface area (Å²) >= 11 is 0. The Morgan fingerprint density at radius 1 is 1.50 bits per heavy atom. The van der Waals surface area contributed by atoms with Crippen molar-refractivity contribution >= 4 is 11.8 Å². The van der Waals surface area contributed by atoms with E-state index in [0.717, 1.165) is 0 Å². The number of hydrogen-bond donors (Lipinski definition) is 1. The normalized spacial score (nSPS) is 15.9. The number of amides is 2. The van der Waals surface area contributed by atoms with Gasteiger partial charge in [0.2, 0.25) is 11.8 Å². The molecule has 1 N–H and O–H groups in total. The van der Waals surface area contributed by atoms with Crippen molar-refractivity contribution < 1.29 is 9.59 Å². The molecule has 12 heavy (non-hydrogen) atoms. The van der Waals surface area contributed by atoms with Crippen molar-refractivity contribution in [1.29, 1.82) is 0 Å². The van der Waals surface area contributed by atoms with E-state index in [1.54, 1.807) is 0 Å². The van der Waals surface area contributed by atoms with Gasteiger partial charge in [0.05, 0.1) is 6.54 Å². The largest absolute Gasteiger partial charge is 0.353 e. The van der Waals surface area contributed by atoms with E-state index in [1.165, 1.54) is 11.8 Å². The second-order valence-electron chi connectivity index (χ2n) is 2.29. The van der Waals surface area contributed by atoms with Crippen molar-refractivity contribution in [1.82, 2.24) is 10.2 Å². The molecule has 4 nitrogen and oxygen atoms in total. The lowest BCUT2D eigenvalue weighted by molar-refractivity contribution is -0.136. The number of carbonyl (C=O) groups is 2. The van der Waals surface area contributed by atoms with Gasteiger partial charge in [0.15, 0.2) is 0 Å². The molecule has 0 atom stereocenters. The Balaban J connectivity index is 0.000000561. The molecule has 0 aromatic heterocycles. The first-order valence-corrected chi connectivity index (χ1v) is 4.22.